The predicted molar refractivity (Wildman–Crippen MR) is 133 cm³/mol. The van der Waals surface area contributed by atoms with Gasteiger partial charge in [0.25, 0.3) is 17.8 Å². The molecule has 7 nitrogen and oxygen atoms in total. The van der Waals surface area contributed by atoms with Gasteiger partial charge in [-0.05, 0) is 48.5 Å². The standard InChI is InChI=1S/C26H15ClF8N4O3/c27-17-2-1-12(28)6-15(17)21-20-16(23(41)39-21)7-14(37-24-36-9-19(42-24)26(33,34)35)8-18(20)38-22(40)10-3-11(25(30,31)32)5-13(29)4-10/h1-8,19,21H,9H2,(H,36,37)(H,38,40)(H,39,41)/t19-,21-/m0/s1. The molecular weight excluding hydrogens is 604 g/mol. The van der Waals surface area contributed by atoms with E-state index in [4.69, 9.17) is 16.3 Å². The van der Waals surface area contributed by atoms with Crippen molar-refractivity contribution >= 4 is 40.8 Å². The number of anilines is 2. The second kappa shape index (κ2) is 10.5. The smallest absolute Gasteiger partial charge is 0.427 e. The summed E-state index contributed by atoms with van der Waals surface area (Å²) in [5.74, 6) is -4.07. The largest absolute Gasteiger partial charge is 0.450 e. The Hall–Kier alpha value is -4.40. The molecule has 0 saturated heterocycles. The Balaban J connectivity index is 1.57. The molecule has 5 rings (SSSR count). The van der Waals surface area contributed by atoms with E-state index in [0.29, 0.717) is 12.1 Å². The molecule has 0 unspecified atom stereocenters. The highest BCUT2D eigenvalue weighted by Gasteiger charge is 2.45. The quantitative estimate of drug-likeness (QED) is 0.293. The van der Waals surface area contributed by atoms with E-state index >= 15 is 0 Å². The van der Waals surface area contributed by atoms with Crippen molar-refractivity contribution in [1.29, 1.82) is 0 Å². The monoisotopic (exact) mass is 618 g/mol. The van der Waals surface area contributed by atoms with Crippen LogP contribution in [0.2, 0.25) is 5.02 Å². The number of carbonyl (C=O) groups is 2. The predicted octanol–water partition coefficient (Wildman–Crippen LogP) is 6.45. The third-order valence-electron chi connectivity index (χ3n) is 6.26. The van der Waals surface area contributed by atoms with Crippen molar-refractivity contribution in [2.75, 3.05) is 17.2 Å². The lowest BCUT2D eigenvalue weighted by Gasteiger charge is -2.20. The second-order valence-corrected chi connectivity index (χ2v) is 9.56. The molecule has 0 spiro atoms. The maximum absolute atomic E-state index is 14.1. The summed E-state index contributed by atoms with van der Waals surface area (Å²) < 4.78 is 112. The Morgan fingerprint density at radius 1 is 1.00 bits per heavy atom. The van der Waals surface area contributed by atoms with E-state index in [1.165, 1.54) is 12.1 Å². The number of benzene rings is 3. The van der Waals surface area contributed by atoms with E-state index in [-0.39, 0.29) is 39.2 Å². The van der Waals surface area contributed by atoms with Crippen LogP contribution < -0.4 is 16.0 Å². The molecule has 16 heteroatoms. The van der Waals surface area contributed by atoms with Crippen LogP contribution in [0.3, 0.4) is 0 Å². The molecule has 3 aromatic rings. The van der Waals surface area contributed by atoms with Crippen LogP contribution in [0.4, 0.5) is 46.5 Å². The van der Waals surface area contributed by atoms with Crippen LogP contribution in [0, 0.1) is 11.6 Å². The van der Waals surface area contributed by atoms with Crippen LogP contribution in [-0.4, -0.2) is 36.7 Å². The van der Waals surface area contributed by atoms with E-state index in [1.54, 1.807) is 0 Å². The average Bonchev–Trinajstić information content (AvgIpc) is 3.49. The number of aliphatic imine (C=N–C) groups is 1. The van der Waals surface area contributed by atoms with Crippen molar-refractivity contribution in [3.05, 3.63) is 93.0 Å². The van der Waals surface area contributed by atoms with Crippen molar-refractivity contribution in [1.82, 2.24) is 5.32 Å². The van der Waals surface area contributed by atoms with Gasteiger partial charge in [0.15, 0.2) is 0 Å². The number of fused-ring (bicyclic) bond motifs is 1. The van der Waals surface area contributed by atoms with E-state index in [0.717, 1.165) is 18.2 Å². The minimum atomic E-state index is -4.98. The van der Waals surface area contributed by atoms with Gasteiger partial charge in [0, 0.05) is 38.7 Å². The van der Waals surface area contributed by atoms with Crippen LogP contribution in [0.5, 0.6) is 0 Å². The van der Waals surface area contributed by atoms with E-state index in [1.807, 2.05) is 0 Å². The summed E-state index contributed by atoms with van der Waals surface area (Å²) >= 11 is 6.23. The van der Waals surface area contributed by atoms with Crippen molar-refractivity contribution < 1.29 is 49.4 Å². The summed E-state index contributed by atoms with van der Waals surface area (Å²) in [5, 5.41) is 7.35. The Morgan fingerprint density at radius 3 is 2.40 bits per heavy atom. The maximum Gasteiger partial charge on any atom is 0.427 e. The van der Waals surface area contributed by atoms with E-state index < -0.39 is 71.6 Å². The molecule has 2 amide bonds. The Kier molecular flexibility index (Phi) is 7.25. The highest BCUT2D eigenvalue weighted by molar-refractivity contribution is 6.31. The lowest BCUT2D eigenvalue weighted by molar-refractivity contribution is -0.190. The van der Waals surface area contributed by atoms with Gasteiger partial charge in [-0.25, -0.2) is 13.8 Å². The molecule has 0 bridgehead atoms. The third-order valence-corrected chi connectivity index (χ3v) is 6.61. The number of rotatable bonds is 4. The van der Waals surface area contributed by atoms with Crippen LogP contribution in [-0.2, 0) is 10.9 Å². The van der Waals surface area contributed by atoms with Gasteiger partial charge in [-0.2, -0.15) is 26.3 Å². The Labute approximate surface area is 235 Å². The van der Waals surface area contributed by atoms with Crippen molar-refractivity contribution in [3.63, 3.8) is 0 Å². The molecule has 3 N–H and O–H groups in total. The minimum Gasteiger partial charge on any atom is -0.450 e. The fourth-order valence-corrected chi connectivity index (χ4v) is 4.62. The summed E-state index contributed by atoms with van der Waals surface area (Å²) in [4.78, 5) is 29.6. The van der Waals surface area contributed by atoms with Gasteiger partial charge in [-0.1, -0.05) is 11.6 Å². The van der Waals surface area contributed by atoms with Gasteiger partial charge in [-0.3, -0.25) is 9.59 Å². The average molecular weight is 619 g/mol. The topological polar surface area (TPSA) is 91.8 Å². The number of amides is 2. The van der Waals surface area contributed by atoms with Crippen LogP contribution in [0.25, 0.3) is 0 Å². The highest BCUT2D eigenvalue weighted by atomic mass is 35.5. The molecule has 220 valence electrons. The third kappa shape index (κ3) is 5.82. The minimum absolute atomic E-state index is 0.00120. The normalized spacial score (nSPS) is 18.2. The summed E-state index contributed by atoms with van der Waals surface area (Å²) in [6.07, 6.45) is -11.9. The van der Waals surface area contributed by atoms with E-state index in [2.05, 4.69) is 20.9 Å². The first-order valence-electron chi connectivity index (χ1n) is 11.8. The van der Waals surface area contributed by atoms with Gasteiger partial charge < -0.3 is 20.7 Å². The first-order valence-corrected chi connectivity index (χ1v) is 12.2. The second-order valence-electron chi connectivity index (χ2n) is 9.16. The molecule has 42 heavy (non-hydrogen) atoms. The molecule has 0 radical (unpaired) electrons. The zero-order valence-corrected chi connectivity index (χ0v) is 21.3. The molecule has 0 fully saturated rings. The summed E-state index contributed by atoms with van der Waals surface area (Å²) in [7, 11) is 0. The number of alkyl halides is 6. The number of halogens is 9. The molecular formula is C26H15ClF8N4O3. The van der Waals surface area contributed by atoms with Crippen LogP contribution >= 0.6 is 11.6 Å². The summed E-state index contributed by atoms with van der Waals surface area (Å²) in [6, 6.07) is 5.02. The maximum atomic E-state index is 14.1. The highest BCUT2D eigenvalue weighted by Crippen LogP contribution is 2.41. The first-order chi connectivity index (χ1) is 19.6. The van der Waals surface area contributed by atoms with Crippen LogP contribution in [0.15, 0.2) is 53.5 Å². The molecule has 2 aliphatic rings. The van der Waals surface area contributed by atoms with Crippen molar-refractivity contribution in [2.24, 2.45) is 4.99 Å². The number of carbonyl (C=O) groups excluding carboxylic acids is 2. The first kappa shape index (κ1) is 29.1. The summed E-state index contributed by atoms with van der Waals surface area (Å²) in [5.41, 5.74) is -2.62. The van der Waals surface area contributed by atoms with Gasteiger partial charge in [-0.15, -0.1) is 0 Å². The number of nitrogens with zero attached hydrogens (tertiary/aromatic N) is 1. The number of ether oxygens (including phenoxy) is 1. The Morgan fingerprint density at radius 2 is 1.74 bits per heavy atom. The molecule has 3 aromatic carbocycles. The van der Waals surface area contributed by atoms with Crippen molar-refractivity contribution in [3.8, 4) is 0 Å². The van der Waals surface area contributed by atoms with Gasteiger partial charge in [0.05, 0.1) is 18.2 Å². The SMILES string of the molecule is O=C(Nc1cc(NC2=NC[C@@H](C(F)(F)F)O2)cc2c1[C@H](c1cc(F)ccc1Cl)NC2=O)c1cc(F)cc(C(F)(F)F)c1. The zero-order valence-electron chi connectivity index (χ0n) is 20.6. The molecule has 0 aliphatic carbocycles. The molecule has 0 saturated carbocycles. The number of nitrogens with one attached hydrogen (secondary N) is 3. The zero-order chi connectivity index (χ0) is 30.6. The number of amidine groups is 1. The van der Waals surface area contributed by atoms with Gasteiger partial charge in [0.2, 0.25) is 6.10 Å². The summed E-state index contributed by atoms with van der Waals surface area (Å²) in [6.45, 7) is -0.748. The number of hydrogen-bond donors (Lipinski definition) is 3. The molecule has 2 atom stereocenters. The van der Waals surface area contributed by atoms with E-state index in [9.17, 15) is 44.7 Å². The number of hydrogen-bond acceptors (Lipinski definition) is 5. The molecule has 0 aromatic heterocycles. The lowest BCUT2D eigenvalue weighted by atomic mass is 9.95. The molecule has 2 aliphatic heterocycles. The van der Waals surface area contributed by atoms with Crippen molar-refractivity contribution in [2.45, 2.75) is 24.5 Å². The fourth-order valence-electron chi connectivity index (χ4n) is 4.39. The van der Waals surface area contributed by atoms with Crippen LogP contribution in [0.1, 0.15) is 43.4 Å². The van der Waals surface area contributed by atoms with Gasteiger partial charge in [0.1, 0.15) is 11.6 Å². The fraction of sp³-hybridized carbons (Fsp3) is 0.192. The Bertz CT molecular complexity index is 1640. The van der Waals surface area contributed by atoms with Gasteiger partial charge >= 0.3 is 12.4 Å². The molecule has 2 heterocycles. The lowest BCUT2D eigenvalue weighted by Crippen LogP contribution is -2.33.